The second-order valence-electron chi connectivity index (χ2n) is 5.11. The third kappa shape index (κ3) is 1.61. The topological polar surface area (TPSA) is 27.7 Å². The monoisotopic (exact) mass is 248 g/mol. The molecule has 0 saturated heterocycles. The van der Waals surface area contributed by atoms with Crippen molar-refractivity contribution < 1.29 is 14.2 Å². The highest BCUT2D eigenvalue weighted by Crippen LogP contribution is 2.70. The van der Waals surface area contributed by atoms with Crippen LogP contribution in [0.4, 0.5) is 0 Å². The number of hydrogen-bond acceptors (Lipinski definition) is 3. The van der Waals surface area contributed by atoms with E-state index in [4.69, 9.17) is 25.8 Å². The van der Waals surface area contributed by atoms with Crippen LogP contribution in [0.2, 0.25) is 0 Å². The summed E-state index contributed by atoms with van der Waals surface area (Å²) in [4.78, 5) is 0. The van der Waals surface area contributed by atoms with Crippen LogP contribution in [0.3, 0.4) is 0 Å². The van der Waals surface area contributed by atoms with Gasteiger partial charge in [0.2, 0.25) is 0 Å². The molecule has 0 atom stereocenters. The molecule has 1 rings (SSSR count). The summed E-state index contributed by atoms with van der Waals surface area (Å²) in [5.74, 6) is -1.28. The van der Waals surface area contributed by atoms with Gasteiger partial charge in [0.15, 0.2) is 0 Å². The van der Waals surface area contributed by atoms with E-state index in [0.717, 1.165) is 5.57 Å². The van der Waals surface area contributed by atoms with Gasteiger partial charge in [0.05, 0.1) is 0 Å². The van der Waals surface area contributed by atoms with E-state index in [2.05, 4.69) is 27.7 Å². The van der Waals surface area contributed by atoms with Gasteiger partial charge in [-0.15, -0.1) is 0 Å². The molecule has 0 unspecified atom stereocenters. The van der Waals surface area contributed by atoms with Crippen LogP contribution in [0, 0.1) is 10.8 Å². The number of hydrogen-bond donors (Lipinski definition) is 0. The predicted molar refractivity (Wildman–Crippen MR) is 64.2 cm³/mol. The number of rotatable bonds is 4. The minimum atomic E-state index is -1.28. The van der Waals surface area contributed by atoms with E-state index in [1.807, 2.05) is 0 Å². The van der Waals surface area contributed by atoms with E-state index in [1.165, 1.54) is 21.3 Å². The maximum absolute atomic E-state index is 6.38. The van der Waals surface area contributed by atoms with E-state index in [1.54, 1.807) is 0 Å². The molecule has 0 radical (unpaired) electrons. The van der Waals surface area contributed by atoms with Gasteiger partial charge in [-0.2, -0.15) is 0 Å². The van der Waals surface area contributed by atoms with Crippen molar-refractivity contribution in [3.63, 3.8) is 0 Å². The zero-order valence-electron chi connectivity index (χ0n) is 11.1. The molecule has 0 bridgehead atoms. The Morgan fingerprint density at radius 1 is 0.938 bits per heavy atom. The molecule has 16 heavy (non-hydrogen) atoms. The normalized spacial score (nSPS) is 22.1. The molecule has 0 aliphatic heterocycles. The molecular weight excluding hydrogens is 228 g/mol. The number of allylic oxidation sites excluding steroid dienone is 1. The third-order valence-corrected chi connectivity index (χ3v) is 4.46. The average molecular weight is 249 g/mol. The highest BCUT2D eigenvalue weighted by atomic mass is 35.5. The zero-order chi connectivity index (χ0) is 12.8. The van der Waals surface area contributed by atoms with Gasteiger partial charge in [0.25, 0.3) is 0 Å². The summed E-state index contributed by atoms with van der Waals surface area (Å²) < 4.78 is 15.8. The van der Waals surface area contributed by atoms with Crippen LogP contribution in [0.1, 0.15) is 27.7 Å². The fourth-order valence-electron chi connectivity index (χ4n) is 2.25. The van der Waals surface area contributed by atoms with E-state index in [0.29, 0.717) is 5.03 Å². The van der Waals surface area contributed by atoms with Crippen molar-refractivity contribution in [1.82, 2.24) is 0 Å². The fourth-order valence-corrected chi connectivity index (χ4v) is 2.96. The van der Waals surface area contributed by atoms with Gasteiger partial charge >= 0.3 is 5.97 Å². The lowest BCUT2D eigenvalue weighted by molar-refractivity contribution is -0.322. The van der Waals surface area contributed by atoms with Crippen LogP contribution < -0.4 is 0 Å². The number of ether oxygens (including phenoxy) is 3. The maximum Gasteiger partial charge on any atom is 0.322 e. The summed E-state index contributed by atoms with van der Waals surface area (Å²) in [6.45, 7) is 8.60. The van der Waals surface area contributed by atoms with Crippen LogP contribution >= 0.6 is 11.6 Å². The molecule has 4 heteroatoms. The Morgan fingerprint density at radius 3 is 1.44 bits per heavy atom. The average Bonchev–Trinajstić information content (AvgIpc) is 2.60. The van der Waals surface area contributed by atoms with Crippen LogP contribution in [-0.4, -0.2) is 27.3 Å². The fraction of sp³-hybridized carbons (Fsp3) is 0.833. The molecular formula is C12H21ClO3. The smallest absolute Gasteiger partial charge is 0.322 e. The van der Waals surface area contributed by atoms with E-state index < -0.39 is 5.97 Å². The molecule has 1 saturated carbocycles. The Balaban J connectivity index is 3.21. The molecule has 1 aliphatic carbocycles. The van der Waals surface area contributed by atoms with Gasteiger partial charge in [-0.3, -0.25) is 0 Å². The standard InChI is InChI=1S/C12H21ClO3/c1-10(2)8(11(10,3)4)9(13)12(14-5,15-6)16-7/h1-7H3. The largest absolute Gasteiger partial charge is 0.326 e. The number of methoxy groups -OCH3 is 3. The molecule has 1 fully saturated rings. The molecule has 0 heterocycles. The van der Waals surface area contributed by atoms with Gasteiger partial charge in [-0.25, -0.2) is 0 Å². The molecule has 0 aromatic heterocycles. The number of halogens is 1. The lowest BCUT2D eigenvalue weighted by atomic mass is 10.0. The zero-order valence-corrected chi connectivity index (χ0v) is 11.9. The lowest BCUT2D eigenvalue weighted by Gasteiger charge is -2.28. The molecule has 0 spiro atoms. The van der Waals surface area contributed by atoms with Gasteiger partial charge in [0, 0.05) is 21.3 Å². The molecule has 0 amide bonds. The first kappa shape index (κ1) is 14.0. The first-order chi connectivity index (χ1) is 7.21. The first-order valence-electron chi connectivity index (χ1n) is 5.28. The van der Waals surface area contributed by atoms with Crippen molar-refractivity contribution in [3.8, 4) is 0 Å². The first-order valence-corrected chi connectivity index (χ1v) is 5.65. The quantitative estimate of drug-likeness (QED) is 0.716. The SMILES string of the molecule is COC(OC)(OC)C(Cl)=C1C(C)(C)C1(C)C. The molecule has 1 aliphatic rings. The maximum atomic E-state index is 6.38. The Bertz CT molecular complexity index is 290. The van der Waals surface area contributed by atoms with Crippen LogP contribution in [0.15, 0.2) is 10.6 Å². The molecule has 94 valence electrons. The van der Waals surface area contributed by atoms with Gasteiger partial charge in [-0.05, 0) is 16.4 Å². The minimum Gasteiger partial charge on any atom is -0.326 e. The van der Waals surface area contributed by atoms with Gasteiger partial charge in [0.1, 0.15) is 5.03 Å². The second-order valence-corrected chi connectivity index (χ2v) is 5.49. The van der Waals surface area contributed by atoms with E-state index >= 15 is 0 Å². The summed E-state index contributed by atoms with van der Waals surface area (Å²) in [6, 6.07) is 0. The second kappa shape index (κ2) is 3.98. The van der Waals surface area contributed by atoms with Crippen molar-refractivity contribution >= 4 is 11.6 Å². The van der Waals surface area contributed by atoms with Gasteiger partial charge in [-0.1, -0.05) is 39.3 Å². The Labute approximate surface area is 103 Å². The Morgan fingerprint density at radius 2 is 1.25 bits per heavy atom. The van der Waals surface area contributed by atoms with Crippen LogP contribution in [0.25, 0.3) is 0 Å². The van der Waals surface area contributed by atoms with E-state index in [9.17, 15) is 0 Å². The van der Waals surface area contributed by atoms with Crippen molar-refractivity contribution in [2.75, 3.05) is 21.3 Å². The summed E-state index contributed by atoms with van der Waals surface area (Å²) in [5.41, 5.74) is 1.21. The Kier molecular flexibility index (Phi) is 3.48. The van der Waals surface area contributed by atoms with Crippen molar-refractivity contribution in [3.05, 3.63) is 10.6 Å². The summed E-state index contributed by atoms with van der Waals surface area (Å²) in [5, 5.41) is 0.495. The van der Waals surface area contributed by atoms with Crippen molar-refractivity contribution in [2.45, 2.75) is 33.7 Å². The molecule has 0 aromatic rings. The third-order valence-electron chi connectivity index (χ3n) is 4.04. The molecule has 0 N–H and O–H groups in total. The van der Waals surface area contributed by atoms with Gasteiger partial charge < -0.3 is 14.2 Å². The highest BCUT2D eigenvalue weighted by Gasteiger charge is 2.63. The highest BCUT2D eigenvalue weighted by molar-refractivity contribution is 6.31. The van der Waals surface area contributed by atoms with Crippen molar-refractivity contribution in [2.24, 2.45) is 10.8 Å². The van der Waals surface area contributed by atoms with Crippen LogP contribution in [-0.2, 0) is 14.2 Å². The Hall–Kier alpha value is -0.0900. The van der Waals surface area contributed by atoms with Crippen molar-refractivity contribution in [1.29, 1.82) is 0 Å². The molecule has 0 aromatic carbocycles. The lowest BCUT2D eigenvalue weighted by Crippen LogP contribution is -2.36. The van der Waals surface area contributed by atoms with E-state index in [-0.39, 0.29) is 10.8 Å². The predicted octanol–water partition coefficient (Wildman–Crippen LogP) is 3.14. The minimum absolute atomic E-state index is 0.0466. The summed E-state index contributed by atoms with van der Waals surface area (Å²) in [7, 11) is 4.54. The van der Waals surface area contributed by atoms with Crippen LogP contribution in [0.5, 0.6) is 0 Å². The summed E-state index contributed by atoms with van der Waals surface area (Å²) >= 11 is 6.38. The summed E-state index contributed by atoms with van der Waals surface area (Å²) in [6.07, 6.45) is 0. The molecule has 3 nitrogen and oxygen atoms in total.